The predicted octanol–water partition coefficient (Wildman–Crippen LogP) is 0.428. The van der Waals surface area contributed by atoms with Gasteiger partial charge in [-0.05, 0) is 33.9 Å². The first kappa shape index (κ1) is 7.03. The second-order valence-electron chi connectivity index (χ2n) is 3.41. The number of rotatable bonds is 0. The van der Waals surface area contributed by atoms with E-state index in [4.69, 9.17) is 5.73 Å². The zero-order valence-electron chi connectivity index (χ0n) is 6.52. The van der Waals surface area contributed by atoms with Crippen LogP contribution in [0.15, 0.2) is 0 Å². The van der Waals surface area contributed by atoms with E-state index in [2.05, 4.69) is 25.8 Å². The fraction of sp³-hybridized carbons (Fsp3) is 1.00. The molecular formula is C7H16N2. The highest BCUT2D eigenvalue weighted by Crippen LogP contribution is 2.23. The number of likely N-dealkylation sites (N-methyl/N-ethyl adjacent to an activating group) is 1. The van der Waals surface area contributed by atoms with E-state index in [1.165, 1.54) is 0 Å². The van der Waals surface area contributed by atoms with Crippen LogP contribution < -0.4 is 5.73 Å². The predicted molar refractivity (Wildman–Crippen MR) is 39.3 cm³/mol. The maximum absolute atomic E-state index is 5.97. The molecule has 54 valence electrons. The van der Waals surface area contributed by atoms with Crippen LogP contribution in [0.1, 0.15) is 20.3 Å². The van der Waals surface area contributed by atoms with Crippen molar-refractivity contribution < 1.29 is 0 Å². The molecule has 2 atom stereocenters. The van der Waals surface area contributed by atoms with Gasteiger partial charge in [-0.2, -0.15) is 0 Å². The van der Waals surface area contributed by atoms with Crippen molar-refractivity contribution in [3.63, 3.8) is 0 Å². The Balaban J connectivity index is 2.62. The molecule has 2 heteroatoms. The summed E-state index contributed by atoms with van der Waals surface area (Å²) in [5, 5.41) is 0. The van der Waals surface area contributed by atoms with Crippen LogP contribution in [-0.2, 0) is 0 Å². The maximum Gasteiger partial charge on any atom is 0.0292 e. The van der Waals surface area contributed by atoms with Gasteiger partial charge in [0.1, 0.15) is 0 Å². The van der Waals surface area contributed by atoms with Crippen molar-refractivity contribution in [2.24, 2.45) is 5.73 Å². The van der Waals surface area contributed by atoms with Crippen molar-refractivity contribution >= 4 is 0 Å². The summed E-state index contributed by atoms with van der Waals surface area (Å²) in [5.74, 6) is 0. The Bertz CT molecular complexity index is 109. The third-order valence-corrected chi connectivity index (χ3v) is 2.62. The quantitative estimate of drug-likeness (QED) is 0.512. The highest BCUT2D eigenvalue weighted by atomic mass is 15.2. The summed E-state index contributed by atoms with van der Waals surface area (Å²) in [7, 11) is 2.13. The van der Waals surface area contributed by atoms with Crippen molar-refractivity contribution in [3.8, 4) is 0 Å². The Hall–Kier alpha value is -0.0800. The fourth-order valence-electron chi connectivity index (χ4n) is 1.32. The minimum atomic E-state index is 0.0503. The van der Waals surface area contributed by atoms with Crippen molar-refractivity contribution in [3.05, 3.63) is 0 Å². The maximum atomic E-state index is 5.97. The van der Waals surface area contributed by atoms with Crippen LogP contribution in [0, 0.1) is 0 Å². The van der Waals surface area contributed by atoms with Gasteiger partial charge in [0.25, 0.3) is 0 Å². The summed E-state index contributed by atoms with van der Waals surface area (Å²) < 4.78 is 0. The number of likely N-dealkylation sites (tertiary alicyclic amines) is 1. The van der Waals surface area contributed by atoms with Crippen LogP contribution in [0.3, 0.4) is 0 Å². The van der Waals surface area contributed by atoms with E-state index in [0.29, 0.717) is 6.04 Å². The highest BCUT2D eigenvalue weighted by Gasteiger charge is 2.35. The number of hydrogen-bond acceptors (Lipinski definition) is 2. The van der Waals surface area contributed by atoms with Gasteiger partial charge < -0.3 is 10.6 Å². The van der Waals surface area contributed by atoms with E-state index in [0.717, 1.165) is 13.0 Å². The Morgan fingerprint density at radius 3 is 2.33 bits per heavy atom. The molecule has 0 aromatic carbocycles. The zero-order valence-corrected chi connectivity index (χ0v) is 6.52. The topological polar surface area (TPSA) is 29.3 Å². The molecule has 2 N–H and O–H groups in total. The third kappa shape index (κ3) is 1.10. The summed E-state index contributed by atoms with van der Waals surface area (Å²) in [5.41, 5.74) is 6.02. The van der Waals surface area contributed by atoms with Gasteiger partial charge in [-0.3, -0.25) is 0 Å². The first-order chi connectivity index (χ1) is 4.04. The molecule has 1 fully saturated rings. The lowest BCUT2D eigenvalue weighted by Crippen LogP contribution is -2.46. The van der Waals surface area contributed by atoms with Gasteiger partial charge in [-0.1, -0.05) is 0 Å². The molecule has 9 heavy (non-hydrogen) atoms. The second kappa shape index (κ2) is 1.96. The van der Waals surface area contributed by atoms with E-state index in [1.54, 1.807) is 0 Å². The molecule has 2 nitrogen and oxygen atoms in total. The van der Waals surface area contributed by atoms with Gasteiger partial charge in [-0.25, -0.2) is 0 Å². The Kier molecular flexibility index (Phi) is 1.53. The van der Waals surface area contributed by atoms with Crippen molar-refractivity contribution in [2.75, 3.05) is 13.6 Å². The van der Waals surface area contributed by atoms with Gasteiger partial charge in [0.2, 0.25) is 0 Å². The molecule has 0 bridgehead atoms. The summed E-state index contributed by atoms with van der Waals surface area (Å²) in [6, 6.07) is 0.539. The van der Waals surface area contributed by atoms with Crippen LogP contribution in [-0.4, -0.2) is 30.1 Å². The molecule has 0 radical (unpaired) electrons. The van der Waals surface area contributed by atoms with E-state index < -0.39 is 0 Å². The van der Waals surface area contributed by atoms with Crippen LogP contribution in [0.5, 0.6) is 0 Å². The summed E-state index contributed by atoms with van der Waals surface area (Å²) in [4.78, 5) is 2.31. The monoisotopic (exact) mass is 128 g/mol. The van der Waals surface area contributed by atoms with Crippen molar-refractivity contribution in [1.29, 1.82) is 0 Å². The van der Waals surface area contributed by atoms with Crippen LogP contribution >= 0.6 is 0 Å². The molecule has 0 aromatic rings. The lowest BCUT2D eigenvalue weighted by Gasteiger charge is -2.26. The smallest absolute Gasteiger partial charge is 0.0292 e. The van der Waals surface area contributed by atoms with Gasteiger partial charge in [0.05, 0.1) is 0 Å². The SMILES string of the molecule is CC1N(C)CCC1(C)N. The Labute approximate surface area is 57.0 Å². The van der Waals surface area contributed by atoms with Crippen LogP contribution in [0.25, 0.3) is 0 Å². The molecule has 0 amide bonds. The largest absolute Gasteiger partial charge is 0.324 e. The summed E-state index contributed by atoms with van der Waals surface area (Å²) >= 11 is 0. The minimum Gasteiger partial charge on any atom is -0.324 e. The van der Waals surface area contributed by atoms with E-state index >= 15 is 0 Å². The lowest BCUT2D eigenvalue weighted by molar-refractivity contribution is 0.277. The molecule has 2 unspecified atom stereocenters. The van der Waals surface area contributed by atoms with Gasteiger partial charge in [-0.15, -0.1) is 0 Å². The minimum absolute atomic E-state index is 0.0503. The van der Waals surface area contributed by atoms with Crippen LogP contribution in [0.2, 0.25) is 0 Å². The normalized spacial score (nSPS) is 46.0. The first-order valence-corrected chi connectivity index (χ1v) is 3.53. The highest BCUT2D eigenvalue weighted by molar-refractivity contribution is 4.96. The zero-order chi connectivity index (χ0) is 7.07. The van der Waals surface area contributed by atoms with Gasteiger partial charge in [0, 0.05) is 11.6 Å². The molecule has 0 spiro atoms. The molecule has 0 saturated carbocycles. The van der Waals surface area contributed by atoms with E-state index in [-0.39, 0.29) is 5.54 Å². The van der Waals surface area contributed by atoms with Gasteiger partial charge >= 0.3 is 0 Å². The summed E-state index contributed by atoms with van der Waals surface area (Å²) in [6.45, 7) is 5.46. The molecule has 1 heterocycles. The third-order valence-electron chi connectivity index (χ3n) is 2.62. The molecule has 0 aromatic heterocycles. The average Bonchev–Trinajstić information content (AvgIpc) is 1.97. The number of nitrogens with zero attached hydrogens (tertiary/aromatic N) is 1. The first-order valence-electron chi connectivity index (χ1n) is 3.53. The fourth-order valence-corrected chi connectivity index (χ4v) is 1.32. The molecule has 1 saturated heterocycles. The van der Waals surface area contributed by atoms with Crippen LogP contribution in [0.4, 0.5) is 0 Å². The summed E-state index contributed by atoms with van der Waals surface area (Å²) in [6.07, 6.45) is 1.13. The van der Waals surface area contributed by atoms with Crippen molar-refractivity contribution in [2.45, 2.75) is 31.8 Å². The standard InChI is InChI=1S/C7H16N2/c1-6-7(2,8)4-5-9(6)3/h6H,4-5,8H2,1-3H3. The number of hydrogen-bond donors (Lipinski definition) is 1. The van der Waals surface area contributed by atoms with Gasteiger partial charge in [0.15, 0.2) is 0 Å². The average molecular weight is 128 g/mol. The van der Waals surface area contributed by atoms with E-state index in [9.17, 15) is 0 Å². The molecule has 1 rings (SSSR count). The Morgan fingerprint density at radius 2 is 2.22 bits per heavy atom. The molecule has 0 aliphatic carbocycles. The Morgan fingerprint density at radius 1 is 1.67 bits per heavy atom. The molecular weight excluding hydrogens is 112 g/mol. The number of nitrogens with two attached hydrogens (primary N) is 1. The molecule has 1 aliphatic heterocycles. The lowest BCUT2D eigenvalue weighted by atomic mass is 9.96. The molecule has 1 aliphatic rings. The van der Waals surface area contributed by atoms with Crippen molar-refractivity contribution in [1.82, 2.24) is 4.90 Å². The van der Waals surface area contributed by atoms with E-state index in [1.807, 2.05) is 0 Å². The second-order valence-corrected chi connectivity index (χ2v) is 3.41.